The molecule has 3 unspecified atom stereocenters. The molecule has 0 aromatic heterocycles. The Morgan fingerprint density at radius 1 is 0.875 bits per heavy atom. The summed E-state index contributed by atoms with van der Waals surface area (Å²) in [7, 11) is 0. The van der Waals surface area contributed by atoms with Crippen LogP contribution in [0.4, 0.5) is 0 Å². The predicted molar refractivity (Wildman–Crippen MR) is 108 cm³/mol. The predicted octanol–water partition coefficient (Wildman–Crippen LogP) is 2.65. The van der Waals surface area contributed by atoms with Crippen LogP contribution in [0, 0.1) is 0 Å². The topological polar surface area (TPSA) is 88.3 Å². The average molecular weight is 424 g/mol. The average Bonchev–Trinajstić information content (AvgIpc) is 2.62. The van der Waals surface area contributed by atoms with Crippen molar-refractivity contribution in [1.82, 2.24) is 0 Å². The van der Waals surface area contributed by atoms with Gasteiger partial charge >= 0.3 is 0 Å². The van der Waals surface area contributed by atoms with Crippen LogP contribution in [0.3, 0.4) is 0 Å². The molecule has 1 saturated heterocycles. The van der Waals surface area contributed by atoms with Crippen LogP contribution in [0.2, 0.25) is 0 Å². The molecule has 11 heteroatoms. The van der Waals surface area contributed by atoms with Gasteiger partial charge in [0, 0.05) is 33.5 Å². The zero-order chi connectivity index (χ0) is 17.5. The van der Waals surface area contributed by atoms with E-state index in [0.717, 1.165) is 23.0 Å². The molecule has 1 fully saturated rings. The Kier molecular flexibility index (Phi) is 13.9. The molecule has 6 nitrogen and oxygen atoms in total. The molecule has 0 N–H and O–H groups in total. The van der Waals surface area contributed by atoms with Crippen molar-refractivity contribution in [3.8, 4) is 0 Å². The van der Waals surface area contributed by atoms with Crippen LogP contribution in [0.25, 0.3) is 0 Å². The number of thioether (sulfide) groups is 5. The fourth-order valence-corrected chi connectivity index (χ4v) is 8.34. The largest absolute Gasteiger partial charge is 0.235 e. The molecule has 1 heterocycles. The number of hydrogen-bond acceptors (Lipinski definition) is 11. The van der Waals surface area contributed by atoms with E-state index in [9.17, 15) is 14.4 Å². The Morgan fingerprint density at radius 2 is 1.50 bits per heavy atom. The monoisotopic (exact) mass is 423 g/mol. The summed E-state index contributed by atoms with van der Waals surface area (Å²) in [5.41, 5.74) is 0. The van der Waals surface area contributed by atoms with Crippen LogP contribution in [-0.2, 0) is 14.4 Å². The summed E-state index contributed by atoms with van der Waals surface area (Å²) < 4.78 is 0.101. The molecule has 0 spiro atoms. The van der Waals surface area contributed by atoms with Crippen LogP contribution >= 0.6 is 58.8 Å². The van der Waals surface area contributed by atoms with E-state index in [-0.39, 0.29) is 4.58 Å². The summed E-state index contributed by atoms with van der Waals surface area (Å²) in [5, 5.41) is 1.15. The minimum Gasteiger partial charge on any atom is -0.211 e. The first kappa shape index (κ1) is 21.9. The smallest absolute Gasteiger partial charge is 0.211 e. The Labute approximate surface area is 162 Å². The van der Waals surface area contributed by atoms with Gasteiger partial charge in [0.25, 0.3) is 0 Å². The molecular weight excluding hydrogens is 406 g/mol. The Hall–Kier alpha value is -0.110. The molecule has 0 aliphatic carbocycles. The molecule has 0 radical (unpaired) electrons. The van der Waals surface area contributed by atoms with Crippen molar-refractivity contribution < 1.29 is 14.4 Å². The summed E-state index contributed by atoms with van der Waals surface area (Å²) in [6.45, 7) is 0.383. The molecule has 1 aliphatic rings. The van der Waals surface area contributed by atoms with Gasteiger partial charge in [-0.2, -0.15) is 33.5 Å². The summed E-state index contributed by atoms with van der Waals surface area (Å²) in [6.07, 6.45) is 4.62. The number of carbonyl (C=O) groups excluding carboxylic acids is 3. The number of rotatable bonds is 12. The van der Waals surface area contributed by atoms with Gasteiger partial charge in [-0.25, -0.2) is 19.4 Å². The molecule has 3 atom stereocenters. The maximum Gasteiger partial charge on any atom is 0.235 e. The standard InChI is InChI=1S/C13H17N3O3S5/c17-6-14-1-13(24-10-16-8-19)23-5-12-4-21-11(3-22-12)2-20-9-15-7-18/h11-13H,1-5,9-10H2. The molecular formula is C13H17N3O3S5. The molecule has 1 aliphatic heterocycles. The van der Waals surface area contributed by atoms with Crippen molar-refractivity contribution in [1.29, 1.82) is 0 Å². The third-order valence-corrected chi connectivity index (χ3v) is 10.0. The van der Waals surface area contributed by atoms with Crippen LogP contribution in [0.15, 0.2) is 15.0 Å². The second kappa shape index (κ2) is 15.2. The summed E-state index contributed by atoms with van der Waals surface area (Å²) in [6, 6.07) is 0. The highest BCUT2D eigenvalue weighted by atomic mass is 32.2. The first-order valence-corrected chi connectivity index (χ1v) is 12.3. The zero-order valence-corrected chi connectivity index (χ0v) is 16.9. The molecule has 1 rings (SSSR count). The van der Waals surface area contributed by atoms with Gasteiger partial charge in [-0.05, 0) is 0 Å². The van der Waals surface area contributed by atoms with Crippen molar-refractivity contribution in [2.75, 3.05) is 41.3 Å². The lowest BCUT2D eigenvalue weighted by molar-refractivity contribution is 0.562. The molecule has 132 valence electrons. The second-order valence-electron chi connectivity index (χ2n) is 4.40. The van der Waals surface area contributed by atoms with Gasteiger partial charge in [0.15, 0.2) is 0 Å². The lowest BCUT2D eigenvalue weighted by Gasteiger charge is -2.28. The van der Waals surface area contributed by atoms with E-state index >= 15 is 0 Å². The van der Waals surface area contributed by atoms with Gasteiger partial charge in [0.1, 0.15) is 0 Å². The second-order valence-corrected chi connectivity index (χ2v) is 10.8. The number of hydrogen-bond donors (Lipinski definition) is 0. The molecule has 0 aromatic carbocycles. The normalized spacial score (nSPS) is 21.0. The fraction of sp³-hybridized carbons (Fsp3) is 0.769. The molecule has 0 saturated carbocycles. The van der Waals surface area contributed by atoms with E-state index in [4.69, 9.17) is 0 Å². The first-order valence-electron chi connectivity index (χ1n) is 6.95. The molecule has 24 heavy (non-hydrogen) atoms. The zero-order valence-electron chi connectivity index (χ0n) is 12.8. The summed E-state index contributed by atoms with van der Waals surface area (Å²) in [4.78, 5) is 41.1. The van der Waals surface area contributed by atoms with Crippen molar-refractivity contribution in [2.45, 2.75) is 15.1 Å². The number of nitrogens with zero attached hydrogens (tertiary/aromatic N) is 3. The van der Waals surface area contributed by atoms with Gasteiger partial charge in [0.2, 0.25) is 18.2 Å². The van der Waals surface area contributed by atoms with Gasteiger partial charge in [-0.1, -0.05) is 0 Å². The maximum absolute atomic E-state index is 10.3. The van der Waals surface area contributed by atoms with E-state index < -0.39 is 0 Å². The third kappa shape index (κ3) is 10.7. The lowest BCUT2D eigenvalue weighted by atomic mass is 10.5. The minimum atomic E-state index is 0.101. The fourth-order valence-electron chi connectivity index (χ4n) is 1.66. The quantitative estimate of drug-likeness (QED) is 0.205. The minimum absolute atomic E-state index is 0.101. The highest BCUT2D eigenvalue weighted by Crippen LogP contribution is 2.35. The summed E-state index contributed by atoms with van der Waals surface area (Å²) in [5.74, 6) is 4.98. The van der Waals surface area contributed by atoms with E-state index in [1.54, 1.807) is 35.7 Å². The van der Waals surface area contributed by atoms with Crippen molar-refractivity contribution in [2.24, 2.45) is 15.0 Å². The highest BCUT2D eigenvalue weighted by molar-refractivity contribution is 8.17. The first-order chi connectivity index (χ1) is 11.8. The number of aliphatic imine (C=N–C) groups is 3. The Bertz CT molecular complexity index is 497. The van der Waals surface area contributed by atoms with Crippen molar-refractivity contribution >= 4 is 77.0 Å². The van der Waals surface area contributed by atoms with Gasteiger partial charge < -0.3 is 0 Å². The van der Waals surface area contributed by atoms with E-state index in [2.05, 4.69) is 15.0 Å². The van der Waals surface area contributed by atoms with Crippen LogP contribution < -0.4 is 0 Å². The van der Waals surface area contributed by atoms with Crippen molar-refractivity contribution in [3.05, 3.63) is 0 Å². The summed E-state index contributed by atoms with van der Waals surface area (Å²) >= 11 is 8.83. The third-order valence-electron chi connectivity index (χ3n) is 2.72. The van der Waals surface area contributed by atoms with Gasteiger partial charge in [0.05, 0.1) is 22.9 Å². The van der Waals surface area contributed by atoms with Crippen molar-refractivity contribution in [3.63, 3.8) is 0 Å². The number of isocyanates is 3. The molecule has 0 bridgehead atoms. The SMILES string of the molecule is O=C=NCSCC1CSC(CSC(CN=C=O)SCN=C=O)CS1. The Balaban J connectivity index is 2.24. The van der Waals surface area contributed by atoms with Gasteiger partial charge in [-0.3, -0.25) is 0 Å². The Morgan fingerprint density at radius 3 is 2.12 bits per heavy atom. The van der Waals surface area contributed by atoms with Gasteiger partial charge in [-0.15, -0.1) is 35.3 Å². The van der Waals surface area contributed by atoms with E-state index in [1.807, 2.05) is 23.5 Å². The maximum atomic E-state index is 10.3. The molecule has 0 aromatic rings. The van der Waals surface area contributed by atoms with E-state index in [0.29, 0.717) is 28.8 Å². The molecule has 0 amide bonds. The highest BCUT2D eigenvalue weighted by Gasteiger charge is 2.23. The lowest BCUT2D eigenvalue weighted by Crippen LogP contribution is -2.25. The van der Waals surface area contributed by atoms with Crippen LogP contribution in [-0.4, -0.2) is 74.6 Å². The van der Waals surface area contributed by atoms with Crippen LogP contribution in [0.5, 0.6) is 0 Å². The van der Waals surface area contributed by atoms with E-state index in [1.165, 1.54) is 17.8 Å². The van der Waals surface area contributed by atoms with Crippen LogP contribution in [0.1, 0.15) is 0 Å².